The highest BCUT2D eigenvalue weighted by atomic mass is 32.2. The number of methoxy groups -OCH3 is 2. The zero-order chi connectivity index (χ0) is 12.3. The Hall–Kier alpha value is -1.27. The molecule has 0 radical (unpaired) electrons. The highest BCUT2D eigenvalue weighted by Crippen LogP contribution is 2.29. The number of rotatable bonds is 4. The third kappa shape index (κ3) is 2.28. The van der Waals surface area contributed by atoms with Gasteiger partial charge in [-0.25, -0.2) is 12.7 Å². The van der Waals surface area contributed by atoms with Crippen molar-refractivity contribution >= 4 is 10.0 Å². The van der Waals surface area contributed by atoms with Gasteiger partial charge < -0.3 is 9.47 Å². The van der Waals surface area contributed by atoms with Crippen LogP contribution in [0.4, 0.5) is 0 Å². The number of sulfonamides is 1. The predicted octanol–water partition coefficient (Wildman–Crippen LogP) is 0.954. The number of nitrogens with zero attached hydrogens (tertiary/aromatic N) is 1. The van der Waals surface area contributed by atoms with E-state index in [2.05, 4.69) is 0 Å². The van der Waals surface area contributed by atoms with E-state index in [0.29, 0.717) is 11.5 Å². The van der Waals surface area contributed by atoms with E-state index in [4.69, 9.17) is 9.47 Å². The molecule has 16 heavy (non-hydrogen) atoms. The molecule has 0 atom stereocenters. The standard InChI is InChI=1S/C10H15NO4S/c1-11(2)16(12,13)8-5-6-9(14-3)10(7-8)15-4/h5-7H,1-4H3. The van der Waals surface area contributed by atoms with Crippen molar-refractivity contribution in [2.75, 3.05) is 28.3 Å². The molecule has 6 heteroatoms. The summed E-state index contributed by atoms with van der Waals surface area (Å²) < 4.78 is 34.9. The van der Waals surface area contributed by atoms with E-state index in [1.54, 1.807) is 6.07 Å². The maximum atomic E-state index is 11.8. The molecule has 0 aliphatic carbocycles. The van der Waals surface area contributed by atoms with Gasteiger partial charge in [-0.05, 0) is 12.1 Å². The second-order valence-corrected chi connectivity index (χ2v) is 5.46. The van der Waals surface area contributed by atoms with Gasteiger partial charge in [-0.1, -0.05) is 0 Å². The molecule has 0 aromatic heterocycles. The van der Waals surface area contributed by atoms with Gasteiger partial charge in [0.2, 0.25) is 10.0 Å². The van der Waals surface area contributed by atoms with E-state index < -0.39 is 10.0 Å². The fourth-order valence-electron chi connectivity index (χ4n) is 1.19. The third-order valence-corrected chi connectivity index (χ3v) is 3.94. The highest BCUT2D eigenvalue weighted by molar-refractivity contribution is 7.89. The summed E-state index contributed by atoms with van der Waals surface area (Å²) in [5.41, 5.74) is 0. The zero-order valence-electron chi connectivity index (χ0n) is 9.72. The van der Waals surface area contributed by atoms with Crippen LogP contribution in [0.2, 0.25) is 0 Å². The van der Waals surface area contributed by atoms with Gasteiger partial charge in [0.25, 0.3) is 0 Å². The SMILES string of the molecule is COc1ccc(S(=O)(=O)N(C)C)cc1OC. The second kappa shape index (κ2) is 4.71. The molecule has 0 aliphatic rings. The van der Waals surface area contributed by atoms with Crippen molar-refractivity contribution in [2.24, 2.45) is 0 Å². The maximum Gasteiger partial charge on any atom is 0.242 e. The van der Waals surface area contributed by atoms with Crippen LogP contribution in [-0.4, -0.2) is 41.0 Å². The normalized spacial score (nSPS) is 11.6. The number of benzene rings is 1. The summed E-state index contributed by atoms with van der Waals surface area (Å²) in [6.07, 6.45) is 0. The van der Waals surface area contributed by atoms with Crippen LogP contribution < -0.4 is 9.47 Å². The van der Waals surface area contributed by atoms with Gasteiger partial charge in [-0.3, -0.25) is 0 Å². The fraction of sp³-hybridized carbons (Fsp3) is 0.400. The Bertz CT molecular complexity index is 468. The van der Waals surface area contributed by atoms with Crippen LogP contribution in [0, 0.1) is 0 Å². The van der Waals surface area contributed by atoms with Crippen LogP contribution in [0.5, 0.6) is 11.5 Å². The van der Waals surface area contributed by atoms with Crippen molar-refractivity contribution < 1.29 is 17.9 Å². The molecule has 0 unspecified atom stereocenters. The molecule has 0 saturated heterocycles. The van der Waals surface area contributed by atoms with E-state index in [-0.39, 0.29) is 4.90 Å². The average Bonchev–Trinajstić information content (AvgIpc) is 2.27. The first-order valence-electron chi connectivity index (χ1n) is 4.58. The van der Waals surface area contributed by atoms with Gasteiger partial charge in [0, 0.05) is 20.2 Å². The van der Waals surface area contributed by atoms with Gasteiger partial charge in [-0.2, -0.15) is 0 Å². The Kier molecular flexibility index (Phi) is 3.77. The molecule has 1 rings (SSSR count). The summed E-state index contributed by atoms with van der Waals surface area (Å²) in [6.45, 7) is 0. The van der Waals surface area contributed by atoms with Gasteiger partial charge in [-0.15, -0.1) is 0 Å². The van der Waals surface area contributed by atoms with E-state index in [1.165, 1.54) is 40.4 Å². The van der Waals surface area contributed by atoms with E-state index in [0.717, 1.165) is 4.31 Å². The van der Waals surface area contributed by atoms with E-state index >= 15 is 0 Å². The predicted molar refractivity (Wildman–Crippen MR) is 60.4 cm³/mol. The second-order valence-electron chi connectivity index (χ2n) is 3.30. The summed E-state index contributed by atoms with van der Waals surface area (Å²) in [5, 5.41) is 0. The minimum atomic E-state index is -3.44. The molecular formula is C10H15NO4S. The lowest BCUT2D eigenvalue weighted by Crippen LogP contribution is -2.22. The van der Waals surface area contributed by atoms with Gasteiger partial charge in [0.05, 0.1) is 19.1 Å². The number of ether oxygens (including phenoxy) is 2. The molecule has 0 amide bonds. The molecule has 1 aromatic carbocycles. The Morgan fingerprint density at radius 1 is 1.06 bits per heavy atom. The summed E-state index contributed by atoms with van der Waals surface area (Å²) in [6, 6.07) is 4.49. The summed E-state index contributed by atoms with van der Waals surface area (Å²) in [4.78, 5) is 0.176. The molecule has 0 heterocycles. The minimum absolute atomic E-state index is 0.176. The zero-order valence-corrected chi connectivity index (χ0v) is 10.5. The van der Waals surface area contributed by atoms with Crippen molar-refractivity contribution in [3.05, 3.63) is 18.2 Å². The van der Waals surface area contributed by atoms with Crippen LogP contribution in [0.25, 0.3) is 0 Å². The van der Waals surface area contributed by atoms with Crippen molar-refractivity contribution in [2.45, 2.75) is 4.90 Å². The summed E-state index contributed by atoms with van der Waals surface area (Å²) in [5.74, 6) is 0.894. The van der Waals surface area contributed by atoms with Crippen molar-refractivity contribution in [1.29, 1.82) is 0 Å². The fourth-order valence-corrected chi connectivity index (χ4v) is 2.11. The Labute approximate surface area is 95.6 Å². The first-order chi connectivity index (χ1) is 7.43. The number of hydrogen-bond acceptors (Lipinski definition) is 4. The molecule has 1 aromatic rings. The van der Waals surface area contributed by atoms with Gasteiger partial charge in [0.15, 0.2) is 11.5 Å². The van der Waals surface area contributed by atoms with Crippen LogP contribution >= 0.6 is 0 Å². The lowest BCUT2D eigenvalue weighted by atomic mass is 10.3. The van der Waals surface area contributed by atoms with Crippen molar-refractivity contribution in [3.8, 4) is 11.5 Å². The van der Waals surface area contributed by atoms with E-state index in [9.17, 15) is 8.42 Å². The molecule has 0 aliphatic heterocycles. The monoisotopic (exact) mass is 245 g/mol. The van der Waals surface area contributed by atoms with Crippen LogP contribution in [0.3, 0.4) is 0 Å². The highest BCUT2D eigenvalue weighted by Gasteiger charge is 2.19. The third-order valence-electron chi connectivity index (χ3n) is 2.13. The smallest absolute Gasteiger partial charge is 0.242 e. The summed E-state index contributed by atoms with van der Waals surface area (Å²) >= 11 is 0. The Morgan fingerprint density at radius 3 is 2.06 bits per heavy atom. The molecule has 0 bridgehead atoms. The van der Waals surface area contributed by atoms with Crippen molar-refractivity contribution in [1.82, 2.24) is 4.31 Å². The molecule has 0 saturated carbocycles. The van der Waals surface area contributed by atoms with Crippen molar-refractivity contribution in [3.63, 3.8) is 0 Å². The minimum Gasteiger partial charge on any atom is -0.493 e. The lowest BCUT2D eigenvalue weighted by Gasteiger charge is -2.13. The first kappa shape index (κ1) is 12.8. The topological polar surface area (TPSA) is 55.8 Å². The van der Waals surface area contributed by atoms with E-state index in [1.807, 2.05) is 0 Å². The van der Waals surface area contributed by atoms with Gasteiger partial charge in [0.1, 0.15) is 0 Å². The lowest BCUT2D eigenvalue weighted by molar-refractivity contribution is 0.353. The molecule has 5 nitrogen and oxygen atoms in total. The molecule has 90 valence electrons. The average molecular weight is 245 g/mol. The first-order valence-corrected chi connectivity index (χ1v) is 6.02. The van der Waals surface area contributed by atoms with Crippen LogP contribution in [-0.2, 0) is 10.0 Å². The number of hydrogen-bond donors (Lipinski definition) is 0. The largest absolute Gasteiger partial charge is 0.493 e. The molecule has 0 N–H and O–H groups in total. The van der Waals surface area contributed by atoms with Crippen LogP contribution in [0.15, 0.2) is 23.1 Å². The van der Waals surface area contributed by atoms with Crippen LogP contribution in [0.1, 0.15) is 0 Å². The molecular weight excluding hydrogens is 230 g/mol. The molecule has 0 fully saturated rings. The maximum absolute atomic E-state index is 11.8. The quantitative estimate of drug-likeness (QED) is 0.792. The Balaban J connectivity index is 3.29. The Morgan fingerprint density at radius 2 is 1.62 bits per heavy atom. The van der Waals surface area contributed by atoms with Gasteiger partial charge >= 0.3 is 0 Å². The summed E-state index contributed by atoms with van der Waals surface area (Å²) in [7, 11) is 2.48. The molecule has 0 spiro atoms.